The lowest BCUT2D eigenvalue weighted by Crippen LogP contribution is -2.14. The minimum atomic E-state index is -0.571. The first kappa shape index (κ1) is 16.7. The fourth-order valence-corrected chi connectivity index (χ4v) is 3.91. The van der Waals surface area contributed by atoms with E-state index in [0.29, 0.717) is 5.56 Å². The second kappa shape index (κ2) is 7.22. The molecule has 0 saturated carbocycles. The molecule has 2 aromatic carbocycles. The third kappa shape index (κ3) is 3.44. The first-order chi connectivity index (χ1) is 12.7. The van der Waals surface area contributed by atoms with Crippen molar-refractivity contribution in [3.8, 4) is 10.6 Å². The molecule has 0 fully saturated rings. The third-order valence-electron chi connectivity index (χ3n) is 4.49. The minimum Gasteiger partial charge on any atom is -0.453 e. The highest BCUT2D eigenvalue weighted by Crippen LogP contribution is 2.24. The second-order valence-corrected chi connectivity index (χ2v) is 7.10. The molecule has 26 heavy (non-hydrogen) atoms. The van der Waals surface area contributed by atoms with Crippen molar-refractivity contribution in [3.05, 3.63) is 76.3 Å². The molecule has 1 heterocycles. The van der Waals surface area contributed by atoms with E-state index < -0.39 is 5.97 Å². The average Bonchev–Trinajstić information content (AvgIpc) is 3.35. The molecule has 1 aliphatic rings. The molecule has 4 rings (SSSR count). The number of thiazole rings is 1. The molecule has 0 bridgehead atoms. The quantitative estimate of drug-likeness (QED) is 0.500. The predicted molar refractivity (Wildman–Crippen MR) is 101 cm³/mol. The molecule has 0 radical (unpaired) electrons. The van der Waals surface area contributed by atoms with Crippen LogP contribution < -0.4 is 0 Å². The summed E-state index contributed by atoms with van der Waals surface area (Å²) < 4.78 is 5.17. The second-order valence-electron chi connectivity index (χ2n) is 6.24. The number of esters is 1. The van der Waals surface area contributed by atoms with E-state index in [0.717, 1.165) is 29.8 Å². The molecule has 0 saturated heterocycles. The lowest BCUT2D eigenvalue weighted by molar-refractivity contribution is 0.0470. The van der Waals surface area contributed by atoms with Crippen LogP contribution in [0.3, 0.4) is 0 Å². The standard InChI is InChI=1S/C21H17NO3S/c23-19(17-10-9-14-7-4-8-16(14)11-17)12-25-21(24)18-13-26-20(22-18)15-5-2-1-3-6-15/h1-3,5-6,9-11,13H,4,7-8,12H2. The maximum Gasteiger partial charge on any atom is 0.358 e. The van der Waals surface area contributed by atoms with Crippen LogP contribution in [-0.2, 0) is 17.6 Å². The van der Waals surface area contributed by atoms with Gasteiger partial charge in [-0.3, -0.25) is 4.79 Å². The topological polar surface area (TPSA) is 56.3 Å². The fraction of sp³-hybridized carbons (Fsp3) is 0.190. The van der Waals surface area contributed by atoms with Gasteiger partial charge in [-0.05, 0) is 36.5 Å². The smallest absolute Gasteiger partial charge is 0.358 e. The number of ether oxygens (including phenoxy) is 1. The van der Waals surface area contributed by atoms with Gasteiger partial charge in [0.1, 0.15) is 5.01 Å². The van der Waals surface area contributed by atoms with Crippen LogP contribution in [0.2, 0.25) is 0 Å². The summed E-state index contributed by atoms with van der Waals surface area (Å²) in [6.07, 6.45) is 3.22. The lowest BCUT2D eigenvalue weighted by Gasteiger charge is -2.05. The number of hydrogen-bond acceptors (Lipinski definition) is 5. The predicted octanol–water partition coefficient (Wildman–Crippen LogP) is 4.34. The molecular formula is C21H17NO3S. The van der Waals surface area contributed by atoms with Gasteiger partial charge in [0, 0.05) is 16.5 Å². The Labute approximate surface area is 155 Å². The highest BCUT2D eigenvalue weighted by Gasteiger charge is 2.17. The van der Waals surface area contributed by atoms with Gasteiger partial charge in [-0.25, -0.2) is 9.78 Å². The van der Waals surface area contributed by atoms with E-state index in [1.165, 1.54) is 22.5 Å². The normalized spacial score (nSPS) is 12.6. The molecule has 0 aliphatic heterocycles. The van der Waals surface area contributed by atoms with Gasteiger partial charge in [-0.15, -0.1) is 11.3 Å². The van der Waals surface area contributed by atoms with Crippen molar-refractivity contribution in [2.24, 2.45) is 0 Å². The summed E-state index contributed by atoms with van der Waals surface area (Å²) in [7, 11) is 0. The molecule has 0 atom stereocenters. The molecule has 4 nitrogen and oxygen atoms in total. The maximum absolute atomic E-state index is 12.3. The Bertz CT molecular complexity index is 962. The van der Waals surface area contributed by atoms with E-state index >= 15 is 0 Å². The molecule has 5 heteroatoms. The van der Waals surface area contributed by atoms with Gasteiger partial charge < -0.3 is 4.74 Å². The number of hydrogen-bond donors (Lipinski definition) is 0. The Morgan fingerprint density at radius 2 is 1.85 bits per heavy atom. The van der Waals surface area contributed by atoms with Crippen molar-refractivity contribution in [2.45, 2.75) is 19.3 Å². The summed E-state index contributed by atoms with van der Waals surface area (Å²) >= 11 is 1.38. The van der Waals surface area contributed by atoms with Gasteiger partial charge in [0.05, 0.1) is 0 Å². The van der Waals surface area contributed by atoms with Gasteiger partial charge in [0.25, 0.3) is 0 Å². The van der Waals surface area contributed by atoms with Crippen molar-refractivity contribution in [2.75, 3.05) is 6.61 Å². The van der Waals surface area contributed by atoms with Crippen LogP contribution in [0, 0.1) is 0 Å². The van der Waals surface area contributed by atoms with Crippen LogP contribution in [-0.4, -0.2) is 23.3 Å². The van der Waals surface area contributed by atoms with Crippen molar-refractivity contribution in [1.29, 1.82) is 0 Å². The zero-order valence-electron chi connectivity index (χ0n) is 14.1. The van der Waals surface area contributed by atoms with Crippen molar-refractivity contribution in [3.63, 3.8) is 0 Å². The summed E-state index contributed by atoms with van der Waals surface area (Å²) in [6.45, 7) is -0.268. The number of benzene rings is 2. The van der Waals surface area contributed by atoms with Gasteiger partial charge in [-0.2, -0.15) is 0 Å². The Morgan fingerprint density at radius 1 is 1.04 bits per heavy atom. The lowest BCUT2D eigenvalue weighted by atomic mass is 10.0. The van der Waals surface area contributed by atoms with E-state index in [1.807, 2.05) is 48.5 Å². The Kier molecular flexibility index (Phi) is 4.63. The first-order valence-corrected chi connectivity index (χ1v) is 9.42. The zero-order valence-corrected chi connectivity index (χ0v) is 14.9. The van der Waals surface area contributed by atoms with Crippen LogP contribution >= 0.6 is 11.3 Å². The maximum atomic E-state index is 12.3. The number of aromatic nitrogens is 1. The number of carbonyl (C=O) groups excluding carboxylic acids is 2. The highest BCUT2D eigenvalue weighted by atomic mass is 32.1. The SMILES string of the molecule is O=C(COC(=O)c1csc(-c2ccccc2)n1)c1ccc2c(c1)CCC2. The van der Waals surface area contributed by atoms with Crippen LogP contribution in [0.5, 0.6) is 0 Å². The molecular weight excluding hydrogens is 346 g/mol. The number of rotatable bonds is 5. The van der Waals surface area contributed by atoms with Crippen LogP contribution in [0.4, 0.5) is 0 Å². The molecule has 0 unspecified atom stereocenters. The third-order valence-corrected chi connectivity index (χ3v) is 5.38. The number of Topliss-reactive ketones (excluding diaryl/α,β-unsaturated/α-hetero) is 1. The summed E-state index contributed by atoms with van der Waals surface area (Å²) in [5, 5.41) is 2.41. The Hall–Kier alpha value is -2.79. The van der Waals surface area contributed by atoms with Crippen LogP contribution in [0.25, 0.3) is 10.6 Å². The fourth-order valence-electron chi connectivity index (χ4n) is 3.11. The summed E-state index contributed by atoms with van der Waals surface area (Å²) in [6, 6.07) is 15.4. The van der Waals surface area contributed by atoms with E-state index in [9.17, 15) is 9.59 Å². The van der Waals surface area contributed by atoms with Gasteiger partial charge in [0.2, 0.25) is 0 Å². The summed E-state index contributed by atoms with van der Waals surface area (Å²) in [5.74, 6) is -0.760. The molecule has 1 aromatic heterocycles. The monoisotopic (exact) mass is 363 g/mol. The number of aryl methyl sites for hydroxylation is 2. The minimum absolute atomic E-state index is 0.188. The van der Waals surface area contributed by atoms with Crippen LogP contribution in [0.15, 0.2) is 53.9 Å². The summed E-state index contributed by atoms with van der Waals surface area (Å²) in [5.41, 5.74) is 4.33. The number of fused-ring (bicyclic) bond motifs is 1. The van der Waals surface area contributed by atoms with Gasteiger partial charge >= 0.3 is 5.97 Å². The van der Waals surface area contributed by atoms with Crippen molar-refractivity contribution >= 4 is 23.1 Å². The van der Waals surface area contributed by atoms with Crippen molar-refractivity contribution < 1.29 is 14.3 Å². The molecule has 130 valence electrons. The average molecular weight is 363 g/mol. The van der Waals surface area contributed by atoms with Crippen molar-refractivity contribution in [1.82, 2.24) is 4.98 Å². The van der Waals surface area contributed by atoms with E-state index in [-0.39, 0.29) is 18.1 Å². The van der Waals surface area contributed by atoms with Gasteiger partial charge in [0.15, 0.2) is 18.1 Å². The number of carbonyl (C=O) groups is 2. The molecule has 0 N–H and O–H groups in total. The van der Waals surface area contributed by atoms with E-state index in [4.69, 9.17) is 4.74 Å². The highest BCUT2D eigenvalue weighted by molar-refractivity contribution is 7.13. The molecule has 3 aromatic rings. The first-order valence-electron chi connectivity index (χ1n) is 8.54. The molecule has 0 spiro atoms. The number of nitrogens with zero attached hydrogens (tertiary/aromatic N) is 1. The number of ketones is 1. The Morgan fingerprint density at radius 3 is 2.69 bits per heavy atom. The summed E-state index contributed by atoms with van der Waals surface area (Å²) in [4.78, 5) is 28.8. The molecule has 1 aliphatic carbocycles. The zero-order chi connectivity index (χ0) is 17.9. The van der Waals surface area contributed by atoms with Gasteiger partial charge in [-0.1, -0.05) is 42.5 Å². The Balaban J connectivity index is 1.39. The van der Waals surface area contributed by atoms with E-state index in [2.05, 4.69) is 4.98 Å². The molecule has 0 amide bonds. The van der Waals surface area contributed by atoms with Crippen LogP contribution in [0.1, 0.15) is 38.4 Å². The largest absolute Gasteiger partial charge is 0.453 e. The van der Waals surface area contributed by atoms with E-state index in [1.54, 1.807) is 5.38 Å².